The molecular formula is C6H4ClNO3. The van der Waals surface area contributed by atoms with Crippen LogP contribution in [0.4, 0.5) is 0 Å². The number of halogens is 1. The molecule has 0 saturated heterocycles. The highest BCUT2D eigenvalue weighted by Crippen LogP contribution is 2.09. The molecule has 0 aliphatic rings. The molecule has 4 nitrogen and oxygen atoms in total. The van der Waals surface area contributed by atoms with Gasteiger partial charge in [0, 0.05) is 6.20 Å². The standard InChI is InChI=1S/C6H4ClNO3/c7-3-1-4(8-2-3)5(9)6(10)11/h1-2,8H,(H,10,11). The molecule has 0 aliphatic carbocycles. The molecule has 0 saturated carbocycles. The summed E-state index contributed by atoms with van der Waals surface area (Å²) in [7, 11) is 0. The lowest BCUT2D eigenvalue weighted by molar-refractivity contribution is -0.131. The average Bonchev–Trinajstić information content (AvgIpc) is 2.34. The molecule has 1 aromatic heterocycles. The van der Waals surface area contributed by atoms with Gasteiger partial charge in [0.05, 0.1) is 10.7 Å². The highest BCUT2D eigenvalue weighted by molar-refractivity contribution is 6.40. The van der Waals surface area contributed by atoms with E-state index in [0.717, 1.165) is 0 Å². The Hall–Kier alpha value is -1.29. The third kappa shape index (κ3) is 1.59. The Balaban J connectivity index is 2.94. The van der Waals surface area contributed by atoms with Gasteiger partial charge in [-0.25, -0.2) is 4.79 Å². The number of aliphatic carboxylic acids is 1. The number of carboxylic acids is 1. The second-order valence-corrected chi connectivity index (χ2v) is 2.30. The molecule has 1 aromatic rings. The van der Waals surface area contributed by atoms with Crippen molar-refractivity contribution < 1.29 is 14.7 Å². The average molecular weight is 174 g/mol. The van der Waals surface area contributed by atoms with Gasteiger partial charge in [-0.3, -0.25) is 4.79 Å². The van der Waals surface area contributed by atoms with Crippen molar-refractivity contribution in [1.82, 2.24) is 4.98 Å². The van der Waals surface area contributed by atoms with E-state index in [1.165, 1.54) is 12.3 Å². The van der Waals surface area contributed by atoms with Crippen molar-refractivity contribution in [1.29, 1.82) is 0 Å². The van der Waals surface area contributed by atoms with E-state index in [1.54, 1.807) is 0 Å². The van der Waals surface area contributed by atoms with Crippen molar-refractivity contribution in [2.75, 3.05) is 0 Å². The maximum atomic E-state index is 10.7. The molecule has 0 bridgehead atoms. The summed E-state index contributed by atoms with van der Waals surface area (Å²) in [5.41, 5.74) is -0.0116. The predicted molar refractivity (Wildman–Crippen MR) is 37.8 cm³/mol. The molecule has 0 unspecified atom stereocenters. The van der Waals surface area contributed by atoms with Crippen LogP contribution in [-0.2, 0) is 4.79 Å². The predicted octanol–water partition coefficient (Wildman–Crippen LogP) is 0.935. The van der Waals surface area contributed by atoms with E-state index in [9.17, 15) is 9.59 Å². The fraction of sp³-hybridized carbons (Fsp3) is 0. The van der Waals surface area contributed by atoms with Crippen LogP contribution in [0.5, 0.6) is 0 Å². The van der Waals surface area contributed by atoms with E-state index in [2.05, 4.69) is 4.98 Å². The summed E-state index contributed by atoms with van der Waals surface area (Å²) in [6.07, 6.45) is 1.34. The Bertz CT molecular complexity index is 305. The first-order valence-corrected chi connectivity index (χ1v) is 3.10. The van der Waals surface area contributed by atoms with Crippen molar-refractivity contribution in [3.63, 3.8) is 0 Å². The maximum absolute atomic E-state index is 10.7. The third-order valence-corrected chi connectivity index (χ3v) is 1.30. The van der Waals surface area contributed by atoms with Crippen LogP contribution in [0.3, 0.4) is 0 Å². The number of H-pyrrole nitrogens is 1. The van der Waals surface area contributed by atoms with E-state index in [0.29, 0.717) is 5.02 Å². The number of hydrogen-bond acceptors (Lipinski definition) is 2. The first-order chi connectivity index (χ1) is 5.11. The summed E-state index contributed by atoms with van der Waals surface area (Å²) in [4.78, 5) is 23.2. The zero-order valence-electron chi connectivity index (χ0n) is 5.30. The lowest BCUT2D eigenvalue weighted by Crippen LogP contribution is -2.12. The molecule has 0 radical (unpaired) electrons. The smallest absolute Gasteiger partial charge is 0.378 e. The monoisotopic (exact) mass is 173 g/mol. The van der Waals surface area contributed by atoms with Gasteiger partial charge in [-0.1, -0.05) is 11.6 Å². The van der Waals surface area contributed by atoms with Crippen molar-refractivity contribution in [2.45, 2.75) is 0 Å². The van der Waals surface area contributed by atoms with Crippen LogP contribution in [0.2, 0.25) is 5.02 Å². The van der Waals surface area contributed by atoms with Crippen LogP contribution in [0.25, 0.3) is 0 Å². The Labute approximate surface area is 66.8 Å². The minimum atomic E-state index is -1.50. The van der Waals surface area contributed by atoms with Crippen LogP contribution in [0.15, 0.2) is 12.3 Å². The molecule has 0 atom stereocenters. The first kappa shape index (κ1) is 7.81. The van der Waals surface area contributed by atoms with E-state index in [-0.39, 0.29) is 5.69 Å². The van der Waals surface area contributed by atoms with Crippen LogP contribution in [-0.4, -0.2) is 21.8 Å². The fourth-order valence-electron chi connectivity index (χ4n) is 0.614. The molecule has 58 valence electrons. The summed E-state index contributed by atoms with van der Waals surface area (Å²) in [5.74, 6) is -2.49. The maximum Gasteiger partial charge on any atom is 0.378 e. The second kappa shape index (κ2) is 2.75. The number of hydrogen-bond donors (Lipinski definition) is 2. The van der Waals surface area contributed by atoms with Crippen molar-refractivity contribution in [3.05, 3.63) is 23.0 Å². The number of rotatable bonds is 2. The topological polar surface area (TPSA) is 70.2 Å². The van der Waals surface area contributed by atoms with Gasteiger partial charge in [0.25, 0.3) is 5.78 Å². The molecule has 0 aliphatic heterocycles. The number of aromatic amines is 1. The molecule has 11 heavy (non-hydrogen) atoms. The van der Waals surface area contributed by atoms with Gasteiger partial charge in [-0.15, -0.1) is 0 Å². The SMILES string of the molecule is O=C(O)C(=O)c1cc(Cl)c[nH]1. The van der Waals surface area contributed by atoms with Gasteiger partial charge in [0.2, 0.25) is 0 Å². The number of Topliss-reactive ketones (excluding diaryl/α,β-unsaturated/α-hetero) is 1. The van der Waals surface area contributed by atoms with Gasteiger partial charge in [-0.05, 0) is 6.07 Å². The second-order valence-electron chi connectivity index (χ2n) is 1.87. The quantitative estimate of drug-likeness (QED) is 0.517. The van der Waals surface area contributed by atoms with Crippen LogP contribution >= 0.6 is 11.6 Å². The minimum absolute atomic E-state index is 0.0116. The highest BCUT2D eigenvalue weighted by atomic mass is 35.5. The van der Waals surface area contributed by atoms with Crippen molar-refractivity contribution in [3.8, 4) is 0 Å². The fourth-order valence-corrected chi connectivity index (χ4v) is 0.778. The van der Waals surface area contributed by atoms with E-state index in [4.69, 9.17) is 16.7 Å². The zero-order chi connectivity index (χ0) is 8.43. The Morgan fingerprint density at radius 3 is 2.55 bits per heavy atom. The minimum Gasteiger partial charge on any atom is -0.475 e. The summed E-state index contributed by atoms with van der Waals surface area (Å²) in [6, 6.07) is 1.26. The first-order valence-electron chi connectivity index (χ1n) is 2.73. The lowest BCUT2D eigenvalue weighted by atomic mass is 10.3. The molecule has 0 aromatic carbocycles. The van der Waals surface area contributed by atoms with E-state index >= 15 is 0 Å². The molecule has 1 rings (SSSR count). The van der Waals surface area contributed by atoms with E-state index < -0.39 is 11.8 Å². The summed E-state index contributed by atoms with van der Waals surface area (Å²) >= 11 is 5.43. The Kier molecular flexibility index (Phi) is 1.96. The molecule has 0 amide bonds. The third-order valence-electron chi connectivity index (χ3n) is 1.09. The Morgan fingerprint density at radius 1 is 1.55 bits per heavy atom. The van der Waals surface area contributed by atoms with Crippen molar-refractivity contribution in [2.24, 2.45) is 0 Å². The number of carbonyl (C=O) groups excluding carboxylic acids is 1. The zero-order valence-corrected chi connectivity index (χ0v) is 6.05. The van der Waals surface area contributed by atoms with Crippen LogP contribution in [0.1, 0.15) is 10.5 Å². The number of aromatic nitrogens is 1. The van der Waals surface area contributed by atoms with Gasteiger partial charge in [0.15, 0.2) is 0 Å². The molecular weight excluding hydrogens is 170 g/mol. The number of nitrogens with one attached hydrogen (secondary N) is 1. The van der Waals surface area contributed by atoms with Gasteiger partial charge < -0.3 is 10.1 Å². The van der Waals surface area contributed by atoms with Crippen molar-refractivity contribution >= 4 is 23.4 Å². The Morgan fingerprint density at radius 2 is 2.18 bits per heavy atom. The van der Waals surface area contributed by atoms with Gasteiger partial charge in [0.1, 0.15) is 0 Å². The lowest BCUT2D eigenvalue weighted by Gasteiger charge is -1.86. The number of ketones is 1. The van der Waals surface area contributed by atoms with Crippen LogP contribution in [0, 0.1) is 0 Å². The molecule has 5 heteroatoms. The van der Waals surface area contributed by atoms with Gasteiger partial charge in [-0.2, -0.15) is 0 Å². The summed E-state index contributed by atoms with van der Waals surface area (Å²) in [6.45, 7) is 0. The largest absolute Gasteiger partial charge is 0.475 e. The normalized spacial score (nSPS) is 9.55. The van der Waals surface area contributed by atoms with Gasteiger partial charge >= 0.3 is 5.97 Å². The molecule has 2 N–H and O–H groups in total. The number of carbonyl (C=O) groups is 2. The molecule has 0 fully saturated rings. The van der Waals surface area contributed by atoms with Crippen LogP contribution < -0.4 is 0 Å². The molecule has 0 spiro atoms. The molecule has 1 heterocycles. The highest BCUT2D eigenvalue weighted by Gasteiger charge is 2.15. The summed E-state index contributed by atoms with van der Waals surface area (Å²) in [5, 5.41) is 8.55. The summed E-state index contributed by atoms with van der Waals surface area (Å²) < 4.78 is 0. The number of carboxylic acid groups (broad SMARTS) is 1. The van der Waals surface area contributed by atoms with E-state index in [1.807, 2.05) is 0 Å².